The van der Waals surface area contributed by atoms with Gasteiger partial charge in [-0.25, -0.2) is 9.59 Å². The Kier molecular flexibility index (Phi) is 7.05. The van der Waals surface area contributed by atoms with E-state index in [1.54, 1.807) is 0 Å². The molecule has 4 rings (SSSR count). The average Bonchev–Trinajstić information content (AvgIpc) is 3.16. The van der Waals surface area contributed by atoms with E-state index in [1.807, 2.05) is 48.5 Å². The minimum atomic E-state index is -5.00. The standard InChI is InChI=1S/C26H22F3NO6/c1-34-16-11-10-15(23(13-16)36-26(27,28)29)12-22(24(31)32)30-25(33)35-14-21-19-8-4-2-6-17(19)18-7-3-5-9-20(18)21/h2-11,13,21-22H,12,14H2,1H3,(H,30,33)(H,31,32). The van der Waals surface area contributed by atoms with Crippen LogP contribution in [-0.2, 0) is 16.0 Å². The van der Waals surface area contributed by atoms with Crippen molar-refractivity contribution in [2.75, 3.05) is 13.7 Å². The average molecular weight is 501 g/mol. The van der Waals surface area contributed by atoms with Crippen molar-refractivity contribution in [1.82, 2.24) is 5.32 Å². The van der Waals surface area contributed by atoms with Crippen LogP contribution in [-0.4, -0.2) is 43.3 Å². The maximum Gasteiger partial charge on any atom is 0.573 e. The second-order valence-electron chi connectivity index (χ2n) is 8.09. The molecule has 1 aliphatic rings. The molecule has 2 N–H and O–H groups in total. The molecule has 1 atom stereocenters. The molecule has 0 fully saturated rings. The van der Waals surface area contributed by atoms with Gasteiger partial charge in [-0.15, -0.1) is 13.2 Å². The van der Waals surface area contributed by atoms with E-state index >= 15 is 0 Å². The lowest BCUT2D eigenvalue weighted by Gasteiger charge is -2.19. The molecule has 0 spiro atoms. The lowest BCUT2D eigenvalue weighted by Crippen LogP contribution is -2.43. The second kappa shape index (κ2) is 10.2. The van der Waals surface area contributed by atoms with E-state index in [0.29, 0.717) is 0 Å². The van der Waals surface area contributed by atoms with Crippen molar-refractivity contribution < 1.29 is 42.1 Å². The van der Waals surface area contributed by atoms with Gasteiger partial charge in [-0.3, -0.25) is 0 Å². The van der Waals surface area contributed by atoms with Crippen LogP contribution in [0.5, 0.6) is 11.5 Å². The van der Waals surface area contributed by atoms with Gasteiger partial charge in [0.2, 0.25) is 0 Å². The van der Waals surface area contributed by atoms with Gasteiger partial charge in [-0.2, -0.15) is 0 Å². The molecule has 0 bridgehead atoms. The third-order valence-corrected chi connectivity index (χ3v) is 5.86. The van der Waals surface area contributed by atoms with E-state index in [2.05, 4.69) is 10.1 Å². The van der Waals surface area contributed by atoms with Crippen LogP contribution in [0.15, 0.2) is 66.7 Å². The van der Waals surface area contributed by atoms with Gasteiger partial charge in [0.1, 0.15) is 24.1 Å². The van der Waals surface area contributed by atoms with E-state index in [-0.39, 0.29) is 23.8 Å². The third kappa shape index (κ3) is 5.54. The van der Waals surface area contributed by atoms with Crippen molar-refractivity contribution >= 4 is 12.1 Å². The summed E-state index contributed by atoms with van der Waals surface area (Å²) in [5.74, 6) is -2.21. The molecular formula is C26H22F3NO6. The number of carbonyl (C=O) groups is 2. The molecule has 1 amide bonds. The van der Waals surface area contributed by atoms with Crippen LogP contribution in [0, 0.1) is 0 Å². The predicted octanol–water partition coefficient (Wildman–Crippen LogP) is 5.13. The number of carboxylic acid groups (broad SMARTS) is 1. The lowest BCUT2D eigenvalue weighted by molar-refractivity contribution is -0.274. The summed E-state index contributed by atoms with van der Waals surface area (Å²) in [6.45, 7) is -0.0445. The highest BCUT2D eigenvalue weighted by molar-refractivity contribution is 5.81. The Morgan fingerprint density at radius 2 is 1.61 bits per heavy atom. The number of aliphatic carboxylic acids is 1. The number of hydrogen-bond acceptors (Lipinski definition) is 5. The normalized spacial score (nSPS) is 13.3. The van der Waals surface area contributed by atoms with E-state index in [1.165, 1.54) is 19.2 Å². The van der Waals surface area contributed by atoms with Gasteiger partial charge >= 0.3 is 18.4 Å². The summed E-state index contributed by atoms with van der Waals surface area (Å²) < 4.78 is 52.9. The first-order valence-electron chi connectivity index (χ1n) is 10.9. The number of alkyl carbamates (subject to hydrolysis) is 1. The van der Waals surface area contributed by atoms with Gasteiger partial charge in [0.05, 0.1) is 7.11 Å². The molecular weight excluding hydrogens is 479 g/mol. The van der Waals surface area contributed by atoms with Crippen molar-refractivity contribution in [1.29, 1.82) is 0 Å². The Bertz CT molecular complexity index is 1230. The molecule has 0 saturated heterocycles. The highest BCUT2D eigenvalue weighted by atomic mass is 19.4. The molecule has 0 aromatic heterocycles. The van der Waals surface area contributed by atoms with Crippen molar-refractivity contribution in [2.45, 2.75) is 24.7 Å². The van der Waals surface area contributed by atoms with E-state index in [0.717, 1.165) is 28.3 Å². The number of ether oxygens (including phenoxy) is 3. The monoisotopic (exact) mass is 501 g/mol. The molecule has 1 unspecified atom stereocenters. The molecule has 0 aliphatic heterocycles. The molecule has 36 heavy (non-hydrogen) atoms. The van der Waals surface area contributed by atoms with Gasteiger partial charge < -0.3 is 24.6 Å². The summed E-state index contributed by atoms with van der Waals surface area (Å²) in [4.78, 5) is 24.3. The summed E-state index contributed by atoms with van der Waals surface area (Å²) >= 11 is 0. The topological polar surface area (TPSA) is 94.1 Å². The van der Waals surface area contributed by atoms with E-state index in [4.69, 9.17) is 9.47 Å². The van der Waals surface area contributed by atoms with Crippen molar-refractivity contribution in [2.24, 2.45) is 0 Å². The van der Waals surface area contributed by atoms with Crippen molar-refractivity contribution in [3.05, 3.63) is 83.4 Å². The molecule has 0 heterocycles. The first kappa shape index (κ1) is 24.9. The van der Waals surface area contributed by atoms with Crippen LogP contribution in [0.4, 0.5) is 18.0 Å². The summed E-state index contributed by atoms with van der Waals surface area (Å²) in [6, 6.07) is 17.5. The minimum Gasteiger partial charge on any atom is -0.497 e. The number of nitrogens with one attached hydrogen (secondary N) is 1. The number of alkyl halides is 3. The maximum atomic E-state index is 12.9. The zero-order chi connectivity index (χ0) is 25.9. The number of fused-ring (bicyclic) bond motifs is 3. The SMILES string of the molecule is COc1ccc(CC(NC(=O)OCC2c3ccccc3-c3ccccc32)C(=O)O)c(OC(F)(F)F)c1. The van der Waals surface area contributed by atoms with Crippen LogP contribution < -0.4 is 14.8 Å². The molecule has 3 aromatic rings. The highest BCUT2D eigenvalue weighted by Crippen LogP contribution is 2.44. The first-order chi connectivity index (χ1) is 17.2. The summed E-state index contributed by atoms with van der Waals surface area (Å²) in [5, 5.41) is 11.8. The number of carbonyl (C=O) groups excluding carboxylic acids is 1. The number of methoxy groups -OCH3 is 1. The number of rotatable bonds is 8. The fourth-order valence-electron chi connectivity index (χ4n) is 4.25. The fourth-order valence-corrected chi connectivity index (χ4v) is 4.25. The highest BCUT2D eigenvalue weighted by Gasteiger charge is 2.34. The molecule has 10 heteroatoms. The Labute approximate surface area is 204 Å². The zero-order valence-electron chi connectivity index (χ0n) is 19.0. The van der Waals surface area contributed by atoms with Gasteiger partial charge in [-0.1, -0.05) is 54.6 Å². The Morgan fingerprint density at radius 1 is 1.00 bits per heavy atom. The van der Waals surface area contributed by atoms with Crippen LogP contribution in [0.1, 0.15) is 22.6 Å². The Morgan fingerprint density at radius 3 is 2.17 bits per heavy atom. The van der Waals surface area contributed by atoms with Gasteiger partial charge in [0, 0.05) is 18.4 Å². The quantitative estimate of drug-likeness (QED) is 0.445. The van der Waals surface area contributed by atoms with Crippen LogP contribution in [0.2, 0.25) is 0 Å². The number of benzene rings is 3. The third-order valence-electron chi connectivity index (χ3n) is 5.86. The van der Waals surface area contributed by atoms with Crippen molar-refractivity contribution in [3.8, 4) is 22.6 Å². The summed E-state index contributed by atoms with van der Waals surface area (Å²) in [5.41, 5.74) is 3.94. The van der Waals surface area contributed by atoms with E-state index in [9.17, 15) is 27.9 Å². The Hall–Kier alpha value is -4.21. The molecule has 1 aliphatic carbocycles. The van der Waals surface area contributed by atoms with E-state index < -0.39 is 36.6 Å². The first-order valence-corrected chi connectivity index (χ1v) is 10.9. The largest absolute Gasteiger partial charge is 0.573 e. The molecule has 0 radical (unpaired) electrons. The van der Waals surface area contributed by atoms with Crippen LogP contribution in [0.25, 0.3) is 11.1 Å². The fraction of sp³-hybridized carbons (Fsp3) is 0.231. The predicted molar refractivity (Wildman–Crippen MR) is 123 cm³/mol. The molecule has 3 aromatic carbocycles. The molecule has 7 nitrogen and oxygen atoms in total. The lowest BCUT2D eigenvalue weighted by atomic mass is 9.98. The second-order valence-corrected chi connectivity index (χ2v) is 8.09. The van der Waals surface area contributed by atoms with Crippen molar-refractivity contribution in [3.63, 3.8) is 0 Å². The molecule has 0 saturated carbocycles. The van der Waals surface area contributed by atoms with Crippen LogP contribution in [0.3, 0.4) is 0 Å². The summed E-state index contributed by atoms with van der Waals surface area (Å²) in [7, 11) is 1.27. The number of carboxylic acids is 1. The minimum absolute atomic E-state index is 0.0445. The number of amides is 1. The number of hydrogen-bond donors (Lipinski definition) is 2. The molecule has 188 valence electrons. The smallest absolute Gasteiger partial charge is 0.497 e. The number of halogens is 3. The summed E-state index contributed by atoms with van der Waals surface area (Å²) in [6.07, 6.45) is -6.48. The van der Waals surface area contributed by atoms with Gasteiger partial charge in [0.15, 0.2) is 0 Å². The Balaban J connectivity index is 1.46. The van der Waals surface area contributed by atoms with Gasteiger partial charge in [0.25, 0.3) is 0 Å². The van der Waals surface area contributed by atoms with Crippen LogP contribution >= 0.6 is 0 Å². The van der Waals surface area contributed by atoms with Gasteiger partial charge in [-0.05, 0) is 33.9 Å². The zero-order valence-corrected chi connectivity index (χ0v) is 19.0. The maximum absolute atomic E-state index is 12.9.